The molecule has 0 aliphatic rings. The van der Waals surface area contributed by atoms with Crippen molar-refractivity contribution in [3.8, 4) is 0 Å². The number of carboxylic acid groups (broad SMARTS) is 1. The van der Waals surface area contributed by atoms with Crippen LogP contribution in [0.25, 0.3) is 0 Å². The standard InChI is InChI=1S/C9H6O5/c10-5-6-3-1-2-4-7(6)8(11)14-9(12)13/h1-5H,(H,12,13). The predicted octanol–water partition coefficient (Wildman–Crippen LogP) is 1.33. The van der Waals surface area contributed by atoms with Gasteiger partial charge in [0, 0.05) is 5.56 Å². The zero-order valence-electron chi connectivity index (χ0n) is 6.97. The molecular formula is C9H6O5. The van der Waals surface area contributed by atoms with Crippen LogP contribution in [-0.2, 0) is 4.74 Å². The van der Waals surface area contributed by atoms with Gasteiger partial charge in [-0.05, 0) is 6.07 Å². The second-order valence-corrected chi connectivity index (χ2v) is 2.36. The van der Waals surface area contributed by atoms with Crippen LogP contribution in [0.2, 0.25) is 0 Å². The molecule has 0 aromatic heterocycles. The Morgan fingerprint density at radius 3 is 2.50 bits per heavy atom. The van der Waals surface area contributed by atoms with Crippen molar-refractivity contribution in [1.29, 1.82) is 0 Å². The molecule has 0 saturated carbocycles. The van der Waals surface area contributed by atoms with Crippen LogP contribution in [-0.4, -0.2) is 23.5 Å². The Morgan fingerprint density at radius 2 is 1.93 bits per heavy atom. The van der Waals surface area contributed by atoms with Gasteiger partial charge in [-0.3, -0.25) is 4.79 Å². The molecule has 0 unspecified atom stereocenters. The summed E-state index contributed by atoms with van der Waals surface area (Å²) >= 11 is 0. The molecule has 0 aliphatic heterocycles. The monoisotopic (exact) mass is 194 g/mol. The minimum Gasteiger partial charge on any atom is -0.449 e. The molecule has 72 valence electrons. The number of ether oxygens (including phenoxy) is 1. The number of hydrogen-bond donors (Lipinski definition) is 1. The summed E-state index contributed by atoms with van der Waals surface area (Å²) in [7, 11) is 0. The molecule has 0 saturated heterocycles. The highest BCUT2D eigenvalue weighted by atomic mass is 16.7. The molecule has 0 atom stereocenters. The Hall–Kier alpha value is -2.17. The average molecular weight is 194 g/mol. The lowest BCUT2D eigenvalue weighted by Crippen LogP contribution is -2.12. The van der Waals surface area contributed by atoms with Crippen LogP contribution in [0.3, 0.4) is 0 Å². The molecule has 14 heavy (non-hydrogen) atoms. The van der Waals surface area contributed by atoms with Crippen molar-refractivity contribution < 1.29 is 24.2 Å². The number of rotatable bonds is 2. The number of carbonyl (C=O) groups is 3. The van der Waals surface area contributed by atoms with Crippen LogP contribution >= 0.6 is 0 Å². The van der Waals surface area contributed by atoms with Crippen molar-refractivity contribution in [2.75, 3.05) is 0 Å². The molecule has 0 heterocycles. The van der Waals surface area contributed by atoms with E-state index < -0.39 is 12.1 Å². The van der Waals surface area contributed by atoms with Gasteiger partial charge in [0.05, 0.1) is 5.56 Å². The molecule has 0 amide bonds. The van der Waals surface area contributed by atoms with Gasteiger partial charge in [-0.2, -0.15) is 0 Å². The minimum atomic E-state index is -1.70. The fraction of sp³-hybridized carbons (Fsp3) is 0. The molecule has 5 heteroatoms. The van der Waals surface area contributed by atoms with E-state index in [-0.39, 0.29) is 11.1 Å². The first-order chi connectivity index (χ1) is 6.65. The summed E-state index contributed by atoms with van der Waals surface area (Å²) in [6.45, 7) is 0. The maximum atomic E-state index is 11.1. The summed E-state index contributed by atoms with van der Waals surface area (Å²) in [6, 6.07) is 5.77. The van der Waals surface area contributed by atoms with E-state index in [0.29, 0.717) is 6.29 Å². The summed E-state index contributed by atoms with van der Waals surface area (Å²) in [5.41, 5.74) is 0.0312. The molecule has 5 nitrogen and oxygen atoms in total. The zero-order chi connectivity index (χ0) is 10.6. The van der Waals surface area contributed by atoms with Crippen LogP contribution in [0.5, 0.6) is 0 Å². The highest BCUT2D eigenvalue weighted by molar-refractivity contribution is 6.01. The van der Waals surface area contributed by atoms with Crippen molar-refractivity contribution in [1.82, 2.24) is 0 Å². The van der Waals surface area contributed by atoms with Crippen molar-refractivity contribution in [2.24, 2.45) is 0 Å². The van der Waals surface area contributed by atoms with Crippen LogP contribution in [0.15, 0.2) is 24.3 Å². The quantitative estimate of drug-likeness (QED) is 0.436. The first-order valence-corrected chi connectivity index (χ1v) is 3.64. The lowest BCUT2D eigenvalue weighted by Gasteiger charge is -2.00. The number of benzene rings is 1. The summed E-state index contributed by atoms with van der Waals surface area (Å²) < 4.78 is 3.90. The van der Waals surface area contributed by atoms with Gasteiger partial charge in [-0.15, -0.1) is 0 Å². The summed E-state index contributed by atoms with van der Waals surface area (Å²) in [5, 5.41) is 8.18. The third-order valence-corrected chi connectivity index (χ3v) is 1.49. The fourth-order valence-corrected chi connectivity index (χ4v) is 0.920. The molecule has 1 aromatic carbocycles. The first kappa shape index (κ1) is 9.91. The maximum Gasteiger partial charge on any atom is 0.513 e. The van der Waals surface area contributed by atoms with E-state index in [1.165, 1.54) is 18.2 Å². The van der Waals surface area contributed by atoms with Crippen molar-refractivity contribution in [2.45, 2.75) is 0 Å². The number of aldehydes is 1. The number of carbonyl (C=O) groups excluding carboxylic acids is 2. The van der Waals surface area contributed by atoms with Crippen molar-refractivity contribution >= 4 is 18.4 Å². The second-order valence-electron chi connectivity index (χ2n) is 2.36. The molecule has 1 rings (SSSR count). The van der Waals surface area contributed by atoms with Crippen LogP contribution in [0.1, 0.15) is 20.7 Å². The lowest BCUT2D eigenvalue weighted by molar-refractivity contribution is 0.0507. The Balaban J connectivity index is 2.99. The summed E-state index contributed by atoms with van der Waals surface area (Å²) in [5.74, 6) is -1.06. The van der Waals surface area contributed by atoms with E-state index in [0.717, 1.165) is 0 Å². The van der Waals surface area contributed by atoms with Crippen LogP contribution < -0.4 is 0 Å². The highest BCUT2D eigenvalue weighted by Gasteiger charge is 2.14. The Morgan fingerprint density at radius 1 is 1.29 bits per heavy atom. The largest absolute Gasteiger partial charge is 0.513 e. The zero-order valence-corrected chi connectivity index (χ0v) is 6.97. The smallest absolute Gasteiger partial charge is 0.449 e. The molecule has 0 aliphatic carbocycles. The van der Waals surface area contributed by atoms with E-state index in [9.17, 15) is 14.4 Å². The molecule has 0 radical (unpaired) electrons. The normalized spacial score (nSPS) is 9.14. The Kier molecular flexibility index (Phi) is 2.96. The minimum absolute atomic E-state index is 0.0649. The van der Waals surface area contributed by atoms with Gasteiger partial charge in [0.1, 0.15) is 0 Å². The molecule has 0 spiro atoms. The van der Waals surface area contributed by atoms with Crippen LogP contribution in [0.4, 0.5) is 4.79 Å². The Bertz CT molecular complexity index is 383. The lowest BCUT2D eigenvalue weighted by atomic mass is 10.1. The molecule has 1 N–H and O–H groups in total. The van der Waals surface area contributed by atoms with E-state index in [2.05, 4.69) is 4.74 Å². The predicted molar refractivity (Wildman–Crippen MR) is 45.3 cm³/mol. The third kappa shape index (κ3) is 2.16. The molecule has 0 bridgehead atoms. The Labute approximate surface area is 78.9 Å². The van der Waals surface area contributed by atoms with Gasteiger partial charge < -0.3 is 9.84 Å². The first-order valence-electron chi connectivity index (χ1n) is 3.64. The van der Waals surface area contributed by atoms with Gasteiger partial charge >= 0.3 is 12.1 Å². The second kappa shape index (κ2) is 4.18. The number of hydrogen-bond acceptors (Lipinski definition) is 4. The van der Waals surface area contributed by atoms with Gasteiger partial charge in [0.25, 0.3) is 0 Å². The average Bonchev–Trinajstić information content (AvgIpc) is 2.16. The van der Waals surface area contributed by atoms with Crippen molar-refractivity contribution in [3.05, 3.63) is 35.4 Å². The third-order valence-electron chi connectivity index (χ3n) is 1.49. The topological polar surface area (TPSA) is 80.7 Å². The van der Waals surface area contributed by atoms with Gasteiger partial charge in [-0.25, -0.2) is 9.59 Å². The van der Waals surface area contributed by atoms with Gasteiger partial charge in [0.2, 0.25) is 0 Å². The van der Waals surface area contributed by atoms with Crippen LogP contribution in [0, 0.1) is 0 Å². The van der Waals surface area contributed by atoms with E-state index in [1.54, 1.807) is 6.07 Å². The highest BCUT2D eigenvalue weighted by Crippen LogP contribution is 2.07. The van der Waals surface area contributed by atoms with Gasteiger partial charge in [0.15, 0.2) is 6.29 Å². The molecule has 0 fully saturated rings. The number of esters is 1. The van der Waals surface area contributed by atoms with E-state index in [4.69, 9.17) is 5.11 Å². The fourth-order valence-electron chi connectivity index (χ4n) is 0.920. The van der Waals surface area contributed by atoms with E-state index >= 15 is 0 Å². The SMILES string of the molecule is O=Cc1ccccc1C(=O)OC(=O)O. The maximum absolute atomic E-state index is 11.1. The van der Waals surface area contributed by atoms with Crippen molar-refractivity contribution in [3.63, 3.8) is 0 Å². The van der Waals surface area contributed by atoms with E-state index in [1.807, 2.05) is 0 Å². The summed E-state index contributed by atoms with van der Waals surface area (Å²) in [6.07, 6.45) is -1.24. The summed E-state index contributed by atoms with van der Waals surface area (Å²) in [4.78, 5) is 31.6. The van der Waals surface area contributed by atoms with Gasteiger partial charge in [-0.1, -0.05) is 18.2 Å². The molecule has 1 aromatic rings. The molecular weight excluding hydrogens is 188 g/mol.